The predicted molar refractivity (Wildman–Crippen MR) is 97.2 cm³/mol. The van der Waals surface area contributed by atoms with E-state index in [0.29, 0.717) is 6.61 Å². The number of benzene rings is 1. The average Bonchev–Trinajstić information content (AvgIpc) is 2.51. The molecule has 146 valence electrons. The minimum Gasteiger partial charge on any atom is -0.476 e. The van der Waals surface area contributed by atoms with Crippen LogP contribution < -0.4 is 9.46 Å². The highest BCUT2D eigenvalue weighted by atomic mass is 35.5. The first-order valence-electron chi connectivity index (χ1n) is 7.78. The summed E-state index contributed by atoms with van der Waals surface area (Å²) in [6.07, 6.45) is 1.95. The third-order valence-corrected chi connectivity index (χ3v) is 4.06. The zero-order valence-corrected chi connectivity index (χ0v) is 16.3. The Morgan fingerprint density at radius 1 is 1.26 bits per heavy atom. The number of amides is 1. The smallest absolute Gasteiger partial charge is 0.264 e. The maximum atomic E-state index is 14.4. The van der Waals surface area contributed by atoms with E-state index < -0.39 is 38.7 Å². The number of aromatic nitrogens is 1. The van der Waals surface area contributed by atoms with Crippen LogP contribution in [0.25, 0.3) is 11.1 Å². The van der Waals surface area contributed by atoms with Crippen molar-refractivity contribution in [3.05, 3.63) is 46.6 Å². The summed E-state index contributed by atoms with van der Waals surface area (Å²) >= 11 is 6.06. The molecule has 0 spiro atoms. The SMILES string of the molecule is CC(C)COc1ncc(-c2c(F)cc(C(=O)NS(C)(=O)=O)cc2F)cc1Cl. The first-order chi connectivity index (χ1) is 12.5. The van der Waals surface area contributed by atoms with E-state index in [2.05, 4.69) is 4.98 Å². The van der Waals surface area contributed by atoms with Gasteiger partial charge in [0.05, 0.1) is 18.4 Å². The van der Waals surface area contributed by atoms with Crippen LogP contribution in [0.15, 0.2) is 24.4 Å². The highest BCUT2D eigenvalue weighted by Crippen LogP contribution is 2.32. The second kappa shape index (κ2) is 8.18. The number of hydrogen-bond acceptors (Lipinski definition) is 5. The number of pyridine rings is 1. The van der Waals surface area contributed by atoms with E-state index in [0.717, 1.165) is 18.4 Å². The van der Waals surface area contributed by atoms with Crippen LogP contribution >= 0.6 is 11.6 Å². The van der Waals surface area contributed by atoms with Crippen molar-refractivity contribution >= 4 is 27.5 Å². The van der Waals surface area contributed by atoms with Crippen LogP contribution in [-0.4, -0.2) is 32.2 Å². The van der Waals surface area contributed by atoms with E-state index in [1.807, 2.05) is 13.8 Å². The van der Waals surface area contributed by atoms with Crippen molar-refractivity contribution in [1.29, 1.82) is 0 Å². The topological polar surface area (TPSA) is 85.4 Å². The summed E-state index contributed by atoms with van der Waals surface area (Å²) < 4.78 is 58.0. The fourth-order valence-electron chi connectivity index (χ4n) is 2.12. The Morgan fingerprint density at radius 3 is 2.33 bits per heavy atom. The van der Waals surface area contributed by atoms with Crippen molar-refractivity contribution in [2.24, 2.45) is 5.92 Å². The lowest BCUT2D eigenvalue weighted by Crippen LogP contribution is -2.29. The van der Waals surface area contributed by atoms with Crippen LogP contribution in [0.3, 0.4) is 0 Å². The van der Waals surface area contributed by atoms with Gasteiger partial charge in [-0.1, -0.05) is 25.4 Å². The fraction of sp³-hybridized carbons (Fsp3) is 0.294. The number of ether oxygens (including phenoxy) is 1. The molecule has 0 aliphatic heterocycles. The van der Waals surface area contributed by atoms with Crippen molar-refractivity contribution in [2.45, 2.75) is 13.8 Å². The maximum Gasteiger partial charge on any atom is 0.264 e. The summed E-state index contributed by atoms with van der Waals surface area (Å²) in [5, 5.41) is 0.0749. The number of carbonyl (C=O) groups is 1. The van der Waals surface area contributed by atoms with Crippen molar-refractivity contribution in [3.63, 3.8) is 0 Å². The summed E-state index contributed by atoms with van der Waals surface area (Å²) in [6.45, 7) is 4.25. The molecule has 0 bridgehead atoms. The molecule has 1 amide bonds. The van der Waals surface area contributed by atoms with E-state index in [9.17, 15) is 22.0 Å². The molecule has 0 aliphatic carbocycles. The molecule has 6 nitrogen and oxygen atoms in total. The molecule has 0 fully saturated rings. The molecule has 27 heavy (non-hydrogen) atoms. The van der Waals surface area contributed by atoms with Crippen LogP contribution in [0, 0.1) is 17.6 Å². The predicted octanol–water partition coefficient (Wildman–Crippen LogP) is 3.40. The minimum atomic E-state index is -3.87. The van der Waals surface area contributed by atoms with Gasteiger partial charge < -0.3 is 4.74 Å². The lowest BCUT2D eigenvalue weighted by atomic mass is 10.0. The first-order valence-corrected chi connectivity index (χ1v) is 10.0. The van der Waals surface area contributed by atoms with Gasteiger partial charge in [0.15, 0.2) is 0 Å². The van der Waals surface area contributed by atoms with Gasteiger partial charge in [-0.3, -0.25) is 4.79 Å². The quantitative estimate of drug-likeness (QED) is 0.777. The number of sulfonamides is 1. The molecule has 10 heteroatoms. The lowest BCUT2D eigenvalue weighted by molar-refractivity contribution is 0.0980. The molecular formula is C17H17ClF2N2O4S. The molecule has 1 aromatic carbocycles. The summed E-state index contributed by atoms with van der Waals surface area (Å²) in [7, 11) is -3.87. The van der Waals surface area contributed by atoms with Crippen LogP contribution in [0.1, 0.15) is 24.2 Å². The van der Waals surface area contributed by atoms with Gasteiger partial charge in [-0.25, -0.2) is 26.9 Å². The van der Waals surface area contributed by atoms with Gasteiger partial charge in [-0.2, -0.15) is 0 Å². The van der Waals surface area contributed by atoms with E-state index in [1.165, 1.54) is 12.3 Å². The highest BCUT2D eigenvalue weighted by Gasteiger charge is 2.20. The average molecular weight is 419 g/mol. The number of nitrogens with zero attached hydrogens (tertiary/aromatic N) is 1. The highest BCUT2D eigenvalue weighted by molar-refractivity contribution is 7.89. The van der Waals surface area contributed by atoms with Crippen molar-refractivity contribution in [2.75, 3.05) is 12.9 Å². The third-order valence-electron chi connectivity index (χ3n) is 3.23. The van der Waals surface area contributed by atoms with Crippen LogP contribution in [0.4, 0.5) is 8.78 Å². The van der Waals surface area contributed by atoms with Gasteiger partial charge >= 0.3 is 0 Å². The molecule has 0 saturated heterocycles. The van der Waals surface area contributed by atoms with Gasteiger partial charge in [0.2, 0.25) is 15.9 Å². The van der Waals surface area contributed by atoms with Gasteiger partial charge in [0.25, 0.3) is 5.91 Å². The van der Waals surface area contributed by atoms with Crippen molar-refractivity contribution in [3.8, 4) is 17.0 Å². The molecule has 2 aromatic rings. The Labute approximate surface area is 160 Å². The molecular weight excluding hydrogens is 402 g/mol. The molecule has 0 unspecified atom stereocenters. The Morgan fingerprint density at radius 2 is 1.85 bits per heavy atom. The van der Waals surface area contributed by atoms with Gasteiger partial charge in [-0.05, 0) is 24.1 Å². The Bertz CT molecular complexity index is 958. The minimum absolute atomic E-state index is 0.0435. The number of hydrogen-bond donors (Lipinski definition) is 1. The number of carbonyl (C=O) groups excluding carboxylic acids is 1. The molecule has 2 rings (SSSR count). The number of nitrogens with one attached hydrogen (secondary N) is 1. The Balaban J connectivity index is 2.37. The van der Waals surface area contributed by atoms with Gasteiger partial charge in [0, 0.05) is 17.3 Å². The molecule has 0 atom stereocenters. The lowest BCUT2D eigenvalue weighted by Gasteiger charge is -2.12. The molecule has 1 heterocycles. The summed E-state index contributed by atoms with van der Waals surface area (Å²) in [6, 6.07) is 2.76. The second-order valence-corrected chi connectivity index (χ2v) is 8.39. The maximum absolute atomic E-state index is 14.4. The zero-order valence-electron chi connectivity index (χ0n) is 14.7. The zero-order chi connectivity index (χ0) is 20.4. The van der Waals surface area contributed by atoms with E-state index in [4.69, 9.17) is 16.3 Å². The van der Waals surface area contributed by atoms with Crippen LogP contribution in [0.5, 0.6) is 5.88 Å². The van der Waals surface area contributed by atoms with E-state index in [-0.39, 0.29) is 22.4 Å². The number of halogens is 3. The summed E-state index contributed by atoms with van der Waals surface area (Å²) in [5.74, 6) is -2.90. The fourth-order valence-corrected chi connectivity index (χ4v) is 2.80. The number of rotatable bonds is 6. The van der Waals surface area contributed by atoms with Gasteiger partial charge in [-0.15, -0.1) is 0 Å². The van der Waals surface area contributed by atoms with Crippen molar-refractivity contribution < 1.29 is 26.7 Å². The summed E-state index contributed by atoms with van der Waals surface area (Å²) in [5.41, 5.74) is -0.882. The second-order valence-electron chi connectivity index (χ2n) is 6.23. The van der Waals surface area contributed by atoms with E-state index >= 15 is 0 Å². The third kappa shape index (κ3) is 5.61. The van der Waals surface area contributed by atoms with E-state index in [1.54, 1.807) is 4.72 Å². The Hall–Kier alpha value is -2.26. The van der Waals surface area contributed by atoms with Crippen molar-refractivity contribution in [1.82, 2.24) is 9.71 Å². The van der Waals surface area contributed by atoms with Crippen LogP contribution in [0.2, 0.25) is 5.02 Å². The normalized spacial score (nSPS) is 11.5. The summed E-state index contributed by atoms with van der Waals surface area (Å²) in [4.78, 5) is 15.7. The van der Waals surface area contributed by atoms with Gasteiger partial charge in [0.1, 0.15) is 16.7 Å². The molecule has 0 aliphatic rings. The monoisotopic (exact) mass is 418 g/mol. The molecule has 1 N–H and O–H groups in total. The van der Waals surface area contributed by atoms with Crippen LogP contribution in [-0.2, 0) is 10.0 Å². The largest absolute Gasteiger partial charge is 0.476 e. The standard InChI is InChI=1S/C17H17ClF2N2O4S/c1-9(2)8-26-17-12(18)4-11(7-21-17)15-13(19)5-10(6-14(15)20)16(23)22-27(3,24)25/h4-7,9H,8H2,1-3H3,(H,22,23). The Kier molecular flexibility index (Phi) is 6.38. The molecule has 0 saturated carbocycles. The first kappa shape index (κ1) is 21.0. The molecule has 0 radical (unpaired) electrons. The molecule has 1 aromatic heterocycles.